The molecule has 3 N–H and O–H groups in total. The third-order valence-corrected chi connectivity index (χ3v) is 10.9. The predicted octanol–water partition coefficient (Wildman–Crippen LogP) is 3.26. The molecule has 9 heteroatoms. The van der Waals surface area contributed by atoms with Crippen molar-refractivity contribution in [3.05, 3.63) is 53.6 Å². The van der Waals surface area contributed by atoms with Gasteiger partial charge in [0.25, 0.3) is 0 Å². The van der Waals surface area contributed by atoms with E-state index in [0.717, 1.165) is 29.7 Å². The number of allylic oxidation sites excluding steroid dienone is 4. The molecule has 0 unspecified atom stereocenters. The number of benzene rings is 1. The zero-order chi connectivity index (χ0) is 31.0. The number of hydrogen-bond donors (Lipinski definition) is 3. The fraction of sp³-hybridized carbons (Fsp3) is 0.588. The summed E-state index contributed by atoms with van der Waals surface area (Å²) in [7, 11) is 1.60. The summed E-state index contributed by atoms with van der Waals surface area (Å²) >= 11 is 0. The van der Waals surface area contributed by atoms with E-state index in [9.17, 15) is 29.4 Å². The van der Waals surface area contributed by atoms with Gasteiger partial charge in [-0.2, -0.15) is 0 Å². The van der Waals surface area contributed by atoms with Gasteiger partial charge in [-0.3, -0.25) is 19.2 Å². The average molecular weight is 594 g/mol. The molecule has 232 valence electrons. The van der Waals surface area contributed by atoms with E-state index in [-0.39, 0.29) is 55.1 Å². The Balaban J connectivity index is 1.12. The molecule has 0 saturated heterocycles. The van der Waals surface area contributed by atoms with E-state index in [1.165, 1.54) is 0 Å². The number of hydrogen-bond acceptors (Lipinski definition) is 8. The van der Waals surface area contributed by atoms with Gasteiger partial charge in [0.1, 0.15) is 11.4 Å². The minimum atomic E-state index is -1.72. The van der Waals surface area contributed by atoms with Crippen LogP contribution in [0.15, 0.2) is 48.1 Å². The highest BCUT2D eigenvalue weighted by molar-refractivity contribution is 6.01. The van der Waals surface area contributed by atoms with Crippen LogP contribution in [0.5, 0.6) is 5.75 Å². The fourth-order valence-electron chi connectivity index (χ4n) is 8.57. The molecule has 0 aromatic heterocycles. The number of rotatable bonds is 10. The Morgan fingerprint density at radius 2 is 1.84 bits per heavy atom. The Kier molecular flexibility index (Phi) is 8.69. The number of aliphatic hydroxyl groups excluding tert-OH is 1. The number of ether oxygens (including phenoxy) is 2. The number of carbonyl (C=O) groups is 4. The van der Waals surface area contributed by atoms with Crippen molar-refractivity contribution in [3.63, 3.8) is 0 Å². The van der Waals surface area contributed by atoms with Crippen LogP contribution >= 0.6 is 0 Å². The van der Waals surface area contributed by atoms with Crippen LogP contribution in [0, 0.1) is 28.6 Å². The van der Waals surface area contributed by atoms with E-state index in [4.69, 9.17) is 9.47 Å². The Labute approximate surface area is 252 Å². The number of methoxy groups -OCH3 is 1. The van der Waals surface area contributed by atoms with Crippen LogP contribution in [0.3, 0.4) is 0 Å². The number of nitrogens with one attached hydrogen (secondary N) is 1. The first-order chi connectivity index (χ1) is 20.4. The lowest BCUT2D eigenvalue weighted by molar-refractivity contribution is -0.181. The van der Waals surface area contributed by atoms with E-state index in [1.54, 1.807) is 19.3 Å². The molecule has 0 radical (unpaired) electrons. The number of aliphatic hydroxyl groups is 2. The third-order valence-electron chi connectivity index (χ3n) is 10.9. The first kappa shape index (κ1) is 31.1. The molecule has 1 aromatic carbocycles. The summed E-state index contributed by atoms with van der Waals surface area (Å²) in [5, 5.41) is 26.1. The molecule has 0 spiro atoms. The highest BCUT2D eigenvalue weighted by Crippen LogP contribution is 2.67. The molecule has 1 amide bonds. The third kappa shape index (κ3) is 5.69. The summed E-state index contributed by atoms with van der Waals surface area (Å²) in [6.07, 6.45) is 7.50. The second kappa shape index (κ2) is 12.0. The SMILES string of the molecule is COc1ccc(CCNC(=O)CCC(=O)OCC(=O)[C@@]2(O)CC[C@H]3[C@H]4CCC5=CC(=O)C=C[C@]5(C)[C@@H]4[C@H](O)C[C@@]32C)cc1. The van der Waals surface area contributed by atoms with Crippen LogP contribution in [0.4, 0.5) is 0 Å². The summed E-state index contributed by atoms with van der Waals surface area (Å²) in [6, 6.07) is 7.55. The van der Waals surface area contributed by atoms with Crippen LogP contribution in [-0.4, -0.2) is 65.6 Å². The van der Waals surface area contributed by atoms with Gasteiger partial charge in [-0.05, 0) is 80.2 Å². The standard InChI is InChI=1S/C34H43NO8/c1-32-15-12-23(36)18-22(32)6-9-25-26-13-16-34(41,33(26,2)19-27(37)31(25)32)28(38)20-43-30(40)11-10-29(39)35-17-14-21-4-7-24(42-3)8-5-21/h4-5,7-8,12,15,18,25-27,31,37,41H,6,9-11,13-14,16-17,19-20H2,1-3H3,(H,35,39)/t25-,26+,27-,31+,32+,33+,34+/m1/s1. The molecule has 1 aromatic rings. The molecule has 0 bridgehead atoms. The molecule has 0 aliphatic heterocycles. The summed E-state index contributed by atoms with van der Waals surface area (Å²) < 4.78 is 10.4. The molecule has 5 rings (SSSR count). The Morgan fingerprint density at radius 1 is 1.09 bits per heavy atom. The summed E-state index contributed by atoms with van der Waals surface area (Å²) in [5.41, 5.74) is -0.932. The molecular formula is C34H43NO8. The van der Waals surface area contributed by atoms with Crippen molar-refractivity contribution in [2.45, 2.75) is 76.9 Å². The topological polar surface area (TPSA) is 139 Å². The van der Waals surface area contributed by atoms with Gasteiger partial charge in [-0.15, -0.1) is 0 Å². The van der Waals surface area contributed by atoms with Gasteiger partial charge in [-0.1, -0.05) is 37.6 Å². The van der Waals surface area contributed by atoms with Crippen molar-refractivity contribution in [1.82, 2.24) is 5.32 Å². The Bertz CT molecular complexity index is 1330. The minimum Gasteiger partial charge on any atom is -0.497 e. The van der Waals surface area contributed by atoms with Gasteiger partial charge in [-0.25, -0.2) is 0 Å². The number of Topliss-reactive ketones (excluding diaryl/α,β-unsaturated/α-hetero) is 1. The van der Waals surface area contributed by atoms with Gasteiger partial charge >= 0.3 is 5.97 Å². The smallest absolute Gasteiger partial charge is 0.306 e. The first-order valence-corrected chi connectivity index (χ1v) is 15.3. The number of amides is 1. The van der Waals surface area contributed by atoms with E-state index >= 15 is 0 Å². The van der Waals surface area contributed by atoms with Crippen molar-refractivity contribution >= 4 is 23.4 Å². The van der Waals surface area contributed by atoms with Crippen molar-refractivity contribution in [2.24, 2.45) is 28.6 Å². The van der Waals surface area contributed by atoms with Crippen molar-refractivity contribution in [3.8, 4) is 5.75 Å². The zero-order valence-corrected chi connectivity index (χ0v) is 25.3. The van der Waals surface area contributed by atoms with Crippen molar-refractivity contribution in [2.75, 3.05) is 20.3 Å². The highest BCUT2D eigenvalue weighted by Gasteiger charge is 2.68. The molecule has 9 nitrogen and oxygen atoms in total. The van der Waals surface area contributed by atoms with Gasteiger partial charge in [0, 0.05) is 29.7 Å². The largest absolute Gasteiger partial charge is 0.497 e. The van der Waals surface area contributed by atoms with E-state index in [1.807, 2.05) is 37.3 Å². The fourth-order valence-corrected chi connectivity index (χ4v) is 8.57. The number of esters is 1. The monoisotopic (exact) mass is 593 g/mol. The van der Waals surface area contributed by atoms with Gasteiger partial charge in [0.2, 0.25) is 11.7 Å². The summed E-state index contributed by atoms with van der Waals surface area (Å²) in [6.45, 7) is 3.81. The van der Waals surface area contributed by atoms with E-state index < -0.39 is 40.9 Å². The molecule has 7 atom stereocenters. The van der Waals surface area contributed by atoms with Gasteiger partial charge < -0.3 is 25.0 Å². The maximum absolute atomic E-state index is 13.4. The lowest BCUT2D eigenvalue weighted by atomic mass is 9.46. The highest BCUT2D eigenvalue weighted by atomic mass is 16.5. The quantitative estimate of drug-likeness (QED) is 0.352. The molecule has 3 saturated carbocycles. The van der Waals surface area contributed by atoms with Crippen LogP contribution in [0.1, 0.15) is 64.4 Å². The lowest BCUT2D eigenvalue weighted by Crippen LogP contribution is -2.61. The van der Waals surface area contributed by atoms with Crippen molar-refractivity contribution in [1.29, 1.82) is 0 Å². The van der Waals surface area contributed by atoms with E-state index in [2.05, 4.69) is 12.2 Å². The van der Waals surface area contributed by atoms with E-state index in [0.29, 0.717) is 19.4 Å². The number of ketones is 2. The summed E-state index contributed by atoms with van der Waals surface area (Å²) in [4.78, 5) is 50.1. The molecule has 43 heavy (non-hydrogen) atoms. The average Bonchev–Trinajstić information content (AvgIpc) is 3.25. The maximum atomic E-state index is 13.4. The Morgan fingerprint density at radius 3 is 2.56 bits per heavy atom. The number of fused-ring (bicyclic) bond motifs is 5. The second-order valence-electron chi connectivity index (χ2n) is 13.1. The second-order valence-corrected chi connectivity index (χ2v) is 13.1. The number of carbonyl (C=O) groups excluding carboxylic acids is 4. The van der Waals surface area contributed by atoms with Crippen LogP contribution in [-0.2, 0) is 30.3 Å². The molecular weight excluding hydrogens is 550 g/mol. The molecule has 4 aliphatic carbocycles. The first-order valence-electron chi connectivity index (χ1n) is 15.3. The van der Waals surface area contributed by atoms with Gasteiger partial charge in [0.15, 0.2) is 12.4 Å². The van der Waals surface area contributed by atoms with Crippen LogP contribution in [0.25, 0.3) is 0 Å². The zero-order valence-electron chi connectivity index (χ0n) is 25.3. The van der Waals surface area contributed by atoms with Crippen molar-refractivity contribution < 1.29 is 38.9 Å². The van der Waals surface area contributed by atoms with Crippen LogP contribution < -0.4 is 10.1 Å². The molecule has 4 aliphatic rings. The molecule has 3 fully saturated rings. The minimum absolute atomic E-state index is 0.0107. The summed E-state index contributed by atoms with van der Waals surface area (Å²) in [5.74, 6) is -0.805. The van der Waals surface area contributed by atoms with Crippen LogP contribution in [0.2, 0.25) is 0 Å². The molecule has 0 heterocycles. The van der Waals surface area contributed by atoms with Gasteiger partial charge in [0.05, 0.1) is 19.6 Å². The maximum Gasteiger partial charge on any atom is 0.306 e. The normalized spacial score (nSPS) is 34.3. The Hall–Kier alpha value is -3.30. The lowest BCUT2D eigenvalue weighted by Gasteiger charge is -2.59. The predicted molar refractivity (Wildman–Crippen MR) is 158 cm³/mol.